The summed E-state index contributed by atoms with van der Waals surface area (Å²) in [6, 6.07) is 0.243. The fourth-order valence-corrected chi connectivity index (χ4v) is 3.53. The highest BCUT2D eigenvalue weighted by Crippen LogP contribution is 2.41. The van der Waals surface area contributed by atoms with Gasteiger partial charge in [0.05, 0.1) is 12.2 Å². The molecule has 0 aromatic carbocycles. The Morgan fingerprint density at radius 2 is 1.86 bits per heavy atom. The van der Waals surface area contributed by atoms with Gasteiger partial charge in [-0.2, -0.15) is 0 Å². The smallest absolute Gasteiger partial charge is 0.0732 e. The van der Waals surface area contributed by atoms with Crippen LogP contribution in [0.25, 0.3) is 0 Å². The minimum absolute atomic E-state index is 0.243. The van der Waals surface area contributed by atoms with Gasteiger partial charge in [-0.25, -0.2) is 0 Å². The molecular formula is C19H39NO. The van der Waals surface area contributed by atoms with Gasteiger partial charge in [-0.1, -0.05) is 59.8 Å². The lowest BCUT2D eigenvalue weighted by atomic mass is 9.68. The van der Waals surface area contributed by atoms with Crippen molar-refractivity contribution in [2.45, 2.75) is 111 Å². The number of ether oxygens (including phenoxy) is 1. The van der Waals surface area contributed by atoms with Crippen molar-refractivity contribution >= 4 is 0 Å². The number of nitrogens with two attached hydrogens (primary N) is 1. The lowest BCUT2D eigenvalue weighted by Gasteiger charge is -2.42. The third-order valence-electron chi connectivity index (χ3n) is 5.73. The molecule has 0 spiro atoms. The molecule has 4 unspecified atom stereocenters. The normalized spacial score (nSPS) is 28.6. The van der Waals surface area contributed by atoms with Crippen molar-refractivity contribution in [3.63, 3.8) is 0 Å². The monoisotopic (exact) mass is 297 g/mol. The fraction of sp³-hybridized carbons (Fsp3) is 1.00. The maximum Gasteiger partial charge on any atom is 0.0732 e. The maximum atomic E-state index is 6.33. The Hall–Kier alpha value is -0.0800. The molecule has 1 aliphatic rings. The van der Waals surface area contributed by atoms with E-state index in [9.17, 15) is 0 Å². The van der Waals surface area contributed by atoms with Gasteiger partial charge in [0.25, 0.3) is 0 Å². The summed E-state index contributed by atoms with van der Waals surface area (Å²) < 4.78 is 6.33. The number of hydrogen-bond acceptors (Lipinski definition) is 2. The summed E-state index contributed by atoms with van der Waals surface area (Å²) in [5, 5.41) is 0. The minimum Gasteiger partial charge on any atom is -0.374 e. The van der Waals surface area contributed by atoms with E-state index in [4.69, 9.17) is 10.5 Å². The summed E-state index contributed by atoms with van der Waals surface area (Å²) in [7, 11) is 0. The first-order chi connectivity index (χ1) is 9.90. The van der Waals surface area contributed by atoms with E-state index in [1.807, 2.05) is 0 Å². The van der Waals surface area contributed by atoms with Gasteiger partial charge in [-0.05, 0) is 43.9 Å². The zero-order valence-corrected chi connectivity index (χ0v) is 15.2. The van der Waals surface area contributed by atoms with Crippen molar-refractivity contribution in [1.82, 2.24) is 0 Å². The van der Waals surface area contributed by atoms with Crippen LogP contribution in [0, 0.1) is 11.3 Å². The van der Waals surface area contributed by atoms with E-state index in [1.54, 1.807) is 0 Å². The third kappa shape index (κ3) is 6.28. The molecule has 2 nitrogen and oxygen atoms in total. The van der Waals surface area contributed by atoms with E-state index < -0.39 is 0 Å². The van der Waals surface area contributed by atoms with Gasteiger partial charge >= 0.3 is 0 Å². The third-order valence-corrected chi connectivity index (χ3v) is 5.73. The largest absolute Gasteiger partial charge is 0.374 e. The average Bonchev–Trinajstić information content (AvgIpc) is 2.46. The topological polar surface area (TPSA) is 35.2 Å². The Bertz CT molecular complexity index is 277. The minimum atomic E-state index is 0.243. The first-order valence-electron chi connectivity index (χ1n) is 9.31. The van der Waals surface area contributed by atoms with Crippen molar-refractivity contribution < 1.29 is 4.74 Å². The van der Waals surface area contributed by atoms with Gasteiger partial charge in [0.2, 0.25) is 0 Å². The van der Waals surface area contributed by atoms with E-state index in [2.05, 4.69) is 34.6 Å². The molecule has 0 radical (unpaired) electrons. The SMILES string of the molecule is CCCCCCC(C)OC1CC(C(C)(C)CC)CCC1N. The van der Waals surface area contributed by atoms with E-state index in [0.29, 0.717) is 11.5 Å². The molecule has 1 saturated carbocycles. The molecule has 0 aromatic rings. The second-order valence-corrected chi connectivity index (χ2v) is 7.85. The Kier molecular flexibility index (Phi) is 8.26. The zero-order chi connectivity index (χ0) is 15.9. The zero-order valence-electron chi connectivity index (χ0n) is 15.2. The average molecular weight is 298 g/mol. The van der Waals surface area contributed by atoms with Crippen LogP contribution in [0.2, 0.25) is 0 Å². The molecule has 0 aromatic heterocycles. The number of unbranched alkanes of at least 4 members (excludes halogenated alkanes) is 3. The van der Waals surface area contributed by atoms with Gasteiger partial charge in [-0.3, -0.25) is 0 Å². The van der Waals surface area contributed by atoms with Crippen LogP contribution in [0.15, 0.2) is 0 Å². The van der Waals surface area contributed by atoms with E-state index in [-0.39, 0.29) is 12.1 Å². The van der Waals surface area contributed by atoms with Crippen LogP contribution < -0.4 is 5.73 Å². The molecule has 1 fully saturated rings. The van der Waals surface area contributed by atoms with Gasteiger partial charge in [-0.15, -0.1) is 0 Å². The lowest BCUT2D eigenvalue weighted by molar-refractivity contribution is -0.0606. The highest BCUT2D eigenvalue weighted by molar-refractivity contribution is 4.89. The molecule has 4 atom stereocenters. The van der Waals surface area contributed by atoms with Gasteiger partial charge < -0.3 is 10.5 Å². The predicted molar refractivity (Wildman–Crippen MR) is 92.5 cm³/mol. The summed E-state index contributed by atoms with van der Waals surface area (Å²) in [6.07, 6.45) is 11.9. The van der Waals surface area contributed by atoms with E-state index >= 15 is 0 Å². The molecular weight excluding hydrogens is 258 g/mol. The molecule has 0 amide bonds. The van der Waals surface area contributed by atoms with Crippen molar-refractivity contribution in [2.24, 2.45) is 17.1 Å². The van der Waals surface area contributed by atoms with E-state index in [0.717, 1.165) is 18.8 Å². The molecule has 0 heterocycles. The Morgan fingerprint density at radius 3 is 2.48 bits per heavy atom. The molecule has 2 N–H and O–H groups in total. The van der Waals surface area contributed by atoms with Crippen LogP contribution in [0.5, 0.6) is 0 Å². The van der Waals surface area contributed by atoms with Crippen LogP contribution in [0.1, 0.15) is 92.4 Å². The van der Waals surface area contributed by atoms with Gasteiger partial charge in [0.15, 0.2) is 0 Å². The highest BCUT2D eigenvalue weighted by Gasteiger charge is 2.36. The van der Waals surface area contributed by atoms with Crippen molar-refractivity contribution in [3.05, 3.63) is 0 Å². The molecule has 0 bridgehead atoms. The Labute approximate surface area is 133 Å². The van der Waals surface area contributed by atoms with Crippen molar-refractivity contribution in [3.8, 4) is 0 Å². The summed E-state index contributed by atoms with van der Waals surface area (Å²) in [4.78, 5) is 0. The fourth-order valence-electron chi connectivity index (χ4n) is 3.53. The standard InChI is InChI=1S/C19H39NO/c1-6-8-9-10-11-15(3)21-18-14-16(12-13-17(18)20)19(4,5)7-2/h15-18H,6-14,20H2,1-5H3. The van der Waals surface area contributed by atoms with Crippen molar-refractivity contribution in [2.75, 3.05) is 0 Å². The summed E-state index contributed by atoms with van der Waals surface area (Å²) in [5.74, 6) is 0.764. The van der Waals surface area contributed by atoms with Crippen LogP contribution in [-0.2, 0) is 4.74 Å². The lowest BCUT2D eigenvalue weighted by Crippen LogP contribution is -2.46. The van der Waals surface area contributed by atoms with Crippen LogP contribution in [0.3, 0.4) is 0 Å². The van der Waals surface area contributed by atoms with Crippen LogP contribution in [0.4, 0.5) is 0 Å². The van der Waals surface area contributed by atoms with Gasteiger partial charge in [0, 0.05) is 6.04 Å². The molecule has 2 heteroatoms. The maximum absolute atomic E-state index is 6.33. The van der Waals surface area contributed by atoms with E-state index in [1.165, 1.54) is 44.9 Å². The number of hydrogen-bond donors (Lipinski definition) is 1. The first-order valence-corrected chi connectivity index (χ1v) is 9.31. The predicted octanol–water partition coefficient (Wildman–Crippen LogP) is 5.29. The molecule has 0 saturated heterocycles. The second kappa shape index (κ2) is 9.15. The highest BCUT2D eigenvalue weighted by atomic mass is 16.5. The van der Waals surface area contributed by atoms with Crippen LogP contribution >= 0.6 is 0 Å². The molecule has 0 aliphatic heterocycles. The Balaban J connectivity index is 2.41. The summed E-state index contributed by atoms with van der Waals surface area (Å²) >= 11 is 0. The van der Waals surface area contributed by atoms with Crippen molar-refractivity contribution in [1.29, 1.82) is 0 Å². The molecule has 1 aliphatic carbocycles. The molecule has 126 valence electrons. The first kappa shape index (κ1) is 19.0. The summed E-state index contributed by atoms with van der Waals surface area (Å²) in [6.45, 7) is 11.6. The second-order valence-electron chi connectivity index (χ2n) is 7.85. The van der Waals surface area contributed by atoms with Gasteiger partial charge in [0.1, 0.15) is 0 Å². The van der Waals surface area contributed by atoms with Crippen LogP contribution in [-0.4, -0.2) is 18.2 Å². The Morgan fingerprint density at radius 1 is 1.14 bits per heavy atom. The molecule has 1 rings (SSSR count). The quantitative estimate of drug-likeness (QED) is 0.586. The number of rotatable bonds is 9. The molecule has 21 heavy (non-hydrogen) atoms. The summed E-state index contributed by atoms with van der Waals surface area (Å²) in [5.41, 5.74) is 6.75.